The van der Waals surface area contributed by atoms with Gasteiger partial charge in [0.05, 0.1) is 31.0 Å². The van der Waals surface area contributed by atoms with Gasteiger partial charge in [0, 0.05) is 6.54 Å². The number of amides is 1. The number of methoxy groups -OCH3 is 1. The Bertz CT molecular complexity index is 437. The van der Waals surface area contributed by atoms with Crippen molar-refractivity contribution in [2.75, 3.05) is 19.4 Å². The van der Waals surface area contributed by atoms with Crippen molar-refractivity contribution in [3.63, 3.8) is 0 Å². The number of rotatable bonds is 4. The number of carbonyl (C=O) groups is 2. The molecule has 0 unspecified atom stereocenters. The summed E-state index contributed by atoms with van der Waals surface area (Å²) in [5, 5.41) is 2.58. The second-order valence-corrected chi connectivity index (χ2v) is 3.55. The second-order valence-electron chi connectivity index (χ2n) is 3.19. The first kappa shape index (κ1) is 13.2. The summed E-state index contributed by atoms with van der Waals surface area (Å²) >= 11 is 5.74. The van der Waals surface area contributed by atoms with Crippen LogP contribution in [-0.2, 0) is 9.53 Å². The van der Waals surface area contributed by atoms with E-state index in [4.69, 9.17) is 17.3 Å². The topological polar surface area (TPSA) is 94.3 Å². The third kappa shape index (κ3) is 3.92. The largest absolute Gasteiger partial charge is 0.469 e. The van der Waals surface area contributed by atoms with Crippen LogP contribution in [0.4, 0.5) is 5.69 Å². The molecule has 0 aliphatic heterocycles. The van der Waals surface area contributed by atoms with Gasteiger partial charge in [0.25, 0.3) is 5.91 Å². The van der Waals surface area contributed by atoms with Gasteiger partial charge < -0.3 is 15.8 Å². The standard InChI is InChI=1S/C10H12ClN3O3/c1-17-8(15)2-3-13-10(16)7-4-6(12)5-14-9(7)11/h4-5H,2-3,12H2,1H3,(H,13,16). The number of ether oxygens (including phenoxy) is 1. The minimum atomic E-state index is -0.432. The average Bonchev–Trinajstić information content (AvgIpc) is 2.31. The number of hydrogen-bond acceptors (Lipinski definition) is 5. The number of nitrogens with zero attached hydrogens (tertiary/aromatic N) is 1. The lowest BCUT2D eigenvalue weighted by atomic mass is 10.2. The fraction of sp³-hybridized carbons (Fsp3) is 0.300. The molecule has 0 saturated carbocycles. The maximum Gasteiger partial charge on any atom is 0.307 e. The zero-order valence-corrected chi connectivity index (χ0v) is 9.95. The Morgan fingerprint density at radius 3 is 2.94 bits per heavy atom. The van der Waals surface area contributed by atoms with E-state index in [0.717, 1.165) is 0 Å². The minimum Gasteiger partial charge on any atom is -0.469 e. The summed E-state index contributed by atoms with van der Waals surface area (Å²) in [4.78, 5) is 26.2. The molecule has 1 aromatic rings. The fourth-order valence-corrected chi connectivity index (χ4v) is 1.29. The van der Waals surface area contributed by atoms with Gasteiger partial charge in [-0.25, -0.2) is 4.98 Å². The van der Waals surface area contributed by atoms with Crippen molar-refractivity contribution in [2.24, 2.45) is 0 Å². The molecule has 1 aromatic heterocycles. The van der Waals surface area contributed by atoms with E-state index in [1.807, 2.05) is 0 Å². The molecule has 3 N–H and O–H groups in total. The molecular formula is C10H12ClN3O3. The highest BCUT2D eigenvalue weighted by atomic mass is 35.5. The zero-order valence-electron chi connectivity index (χ0n) is 9.20. The van der Waals surface area contributed by atoms with E-state index < -0.39 is 11.9 Å². The average molecular weight is 258 g/mol. The first-order valence-corrected chi connectivity index (χ1v) is 5.18. The highest BCUT2D eigenvalue weighted by Gasteiger charge is 2.12. The van der Waals surface area contributed by atoms with E-state index in [1.165, 1.54) is 19.4 Å². The number of halogens is 1. The molecule has 92 valence electrons. The van der Waals surface area contributed by atoms with Crippen LogP contribution in [0.15, 0.2) is 12.3 Å². The van der Waals surface area contributed by atoms with Gasteiger partial charge in [0.2, 0.25) is 0 Å². The lowest BCUT2D eigenvalue weighted by Crippen LogP contribution is -2.26. The third-order valence-electron chi connectivity index (χ3n) is 1.95. The van der Waals surface area contributed by atoms with Crippen LogP contribution in [-0.4, -0.2) is 30.5 Å². The minimum absolute atomic E-state index is 0.0646. The van der Waals surface area contributed by atoms with Crippen molar-refractivity contribution in [1.29, 1.82) is 0 Å². The monoisotopic (exact) mass is 257 g/mol. The van der Waals surface area contributed by atoms with E-state index in [2.05, 4.69) is 15.0 Å². The highest BCUT2D eigenvalue weighted by Crippen LogP contribution is 2.15. The van der Waals surface area contributed by atoms with Crippen LogP contribution in [0, 0.1) is 0 Å². The molecule has 0 spiro atoms. The first-order valence-electron chi connectivity index (χ1n) is 4.80. The lowest BCUT2D eigenvalue weighted by Gasteiger charge is -2.06. The Morgan fingerprint density at radius 2 is 2.29 bits per heavy atom. The van der Waals surface area contributed by atoms with Crippen molar-refractivity contribution in [3.05, 3.63) is 23.0 Å². The Morgan fingerprint density at radius 1 is 1.59 bits per heavy atom. The molecule has 0 fully saturated rings. The summed E-state index contributed by atoms with van der Waals surface area (Å²) in [5.41, 5.74) is 6.01. The number of carbonyl (C=O) groups excluding carboxylic acids is 2. The number of aromatic nitrogens is 1. The third-order valence-corrected chi connectivity index (χ3v) is 2.25. The van der Waals surface area contributed by atoms with Crippen molar-refractivity contribution in [1.82, 2.24) is 10.3 Å². The Labute approximate surface area is 103 Å². The molecule has 7 heteroatoms. The molecule has 0 aromatic carbocycles. The number of esters is 1. The van der Waals surface area contributed by atoms with Gasteiger partial charge in [-0.05, 0) is 6.07 Å². The van der Waals surface area contributed by atoms with Crippen LogP contribution in [0.25, 0.3) is 0 Å². The van der Waals surface area contributed by atoms with Crippen LogP contribution < -0.4 is 11.1 Å². The molecule has 0 aliphatic carbocycles. The molecule has 0 aliphatic rings. The van der Waals surface area contributed by atoms with Crippen molar-refractivity contribution in [2.45, 2.75) is 6.42 Å². The predicted molar refractivity (Wildman–Crippen MR) is 62.6 cm³/mol. The smallest absolute Gasteiger partial charge is 0.307 e. The number of nitrogens with one attached hydrogen (secondary N) is 1. The predicted octanol–water partition coefficient (Wildman–Crippen LogP) is 0.610. The van der Waals surface area contributed by atoms with Gasteiger partial charge in [-0.15, -0.1) is 0 Å². The van der Waals surface area contributed by atoms with Gasteiger partial charge >= 0.3 is 5.97 Å². The van der Waals surface area contributed by atoms with Gasteiger partial charge in [-0.1, -0.05) is 11.6 Å². The van der Waals surface area contributed by atoms with Gasteiger partial charge in [0.15, 0.2) is 0 Å². The van der Waals surface area contributed by atoms with Gasteiger partial charge in [-0.2, -0.15) is 0 Å². The quantitative estimate of drug-likeness (QED) is 0.609. The number of nitrogens with two attached hydrogens (primary N) is 1. The molecule has 1 rings (SSSR count). The van der Waals surface area contributed by atoms with E-state index in [9.17, 15) is 9.59 Å². The molecule has 1 heterocycles. The summed E-state index contributed by atoms with van der Waals surface area (Å²) in [6.45, 7) is 0.163. The van der Waals surface area contributed by atoms with Crippen LogP contribution >= 0.6 is 11.6 Å². The van der Waals surface area contributed by atoms with Crippen molar-refractivity contribution in [3.8, 4) is 0 Å². The first-order chi connectivity index (χ1) is 8.04. The van der Waals surface area contributed by atoms with Crippen LogP contribution in [0.3, 0.4) is 0 Å². The van der Waals surface area contributed by atoms with E-state index in [1.54, 1.807) is 0 Å². The summed E-state index contributed by atoms with van der Waals surface area (Å²) in [6, 6.07) is 1.42. The summed E-state index contributed by atoms with van der Waals surface area (Å²) in [5.74, 6) is -0.833. The van der Waals surface area contributed by atoms with Crippen molar-refractivity contribution >= 4 is 29.2 Å². The second kappa shape index (κ2) is 6.05. The molecule has 0 bridgehead atoms. The van der Waals surface area contributed by atoms with Crippen molar-refractivity contribution < 1.29 is 14.3 Å². The Hall–Kier alpha value is -1.82. The van der Waals surface area contributed by atoms with Crippen LogP contribution in [0.2, 0.25) is 5.15 Å². The molecule has 0 radical (unpaired) electrons. The van der Waals surface area contributed by atoms with Gasteiger partial charge in [-0.3, -0.25) is 9.59 Å². The van der Waals surface area contributed by atoms with E-state index in [-0.39, 0.29) is 23.7 Å². The number of pyridine rings is 1. The maximum absolute atomic E-state index is 11.6. The zero-order chi connectivity index (χ0) is 12.8. The molecule has 6 nitrogen and oxygen atoms in total. The highest BCUT2D eigenvalue weighted by molar-refractivity contribution is 6.32. The molecule has 1 amide bonds. The SMILES string of the molecule is COC(=O)CCNC(=O)c1cc(N)cnc1Cl. The number of nitrogen functional groups attached to an aromatic ring is 1. The Kier molecular flexibility index (Phi) is 4.71. The lowest BCUT2D eigenvalue weighted by molar-refractivity contribution is -0.140. The Balaban J connectivity index is 2.58. The number of hydrogen-bond donors (Lipinski definition) is 2. The van der Waals surface area contributed by atoms with E-state index in [0.29, 0.717) is 5.69 Å². The normalized spacial score (nSPS) is 9.76. The summed E-state index contributed by atoms with van der Waals surface area (Å²) < 4.78 is 4.43. The molecule has 0 atom stereocenters. The molecule has 0 saturated heterocycles. The van der Waals surface area contributed by atoms with Crippen LogP contribution in [0.5, 0.6) is 0 Å². The molecule has 17 heavy (non-hydrogen) atoms. The fourth-order valence-electron chi connectivity index (χ4n) is 1.10. The van der Waals surface area contributed by atoms with Gasteiger partial charge in [0.1, 0.15) is 5.15 Å². The van der Waals surface area contributed by atoms with Crippen LogP contribution in [0.1, 0.15) is 16.8 Å². The summed E-state index contributed by atoms with van der Waals surface area (Å²) in [7, 11) is 1.28. The maximum atomic E-state index is 11.6. The summed E-state index contributed by atoms with van der Waals surface area (Å²) in [6.07, 6.45) is 1.45. The molecular weight excluding hydrogens is 246 g/mol. The van der Waals surface area contributed by atoms with E-state index >= 15 is 0 Å². The number of anilines is 1.